The summed E-state index contributed by atoms with van der Waals surface area (Å²) in [5.41, 5.74) is -1.84. The predicted octanol–water partition coefficient (Wildman–Crippen LogP) is -0.568. The number of aliphatic carboxylic acids is 1. The standard InChI is InChI=1S/C8H13NO3/c1-5-2-8(5,6(10)11)7(12)3-9-4-7/h5,9,12H,2-4H2,1H3,(H,10,11). The molecule has 0 spiro atoms. The maximum atomic E-state index is 10.9. The molecule has 2 aliphatic rings. The van der Waals surface area contributed by atoms with Gasteiger partial charge in [-0.1, -0.05) is 6.92 Å². The summed E-state index contributed by atoms with van der Waals surface area (Å²) < 4.78 is 0. The first-order valence-corrected chi connectivity index (χ1v) is 4.19. The molecule has 2 atom stereocenters. The summed E-state index contributed by atoms with van der Waals surface area (Å²) >= 11 is 0. The van der Waals surface area contributed by atoms with Gasteiger partial charge in [0.1, 0.15) is 11.0 Å². The quantitative estimate of drug-likeness (QED) is 0.520. The Morgan fingerprint density at radius 3 is 2.17 bits per heavy atom. The van der Waals surface area contributed by atoms with Crippen LogP contribution in [-0.4, -0.2) is 34.9 Å². The summed E-state index contributed by atoms with van der Waals surface area (Å²) in [5, 5.41) is 21.8. The van der Waals surface area contributed by atoms with Crippen molar-refractivity contribution in [1.82, 2.24) is 5.32 Å². The molecule has 4 heteroatoms. The van der Waals surface area contributed by atoms with Crippen LogP contribution in [0.5, 0.6) is 0 Å². The lowest BCUT2D eigenvalue weighted by Crippen LogP contribution is -2.66. The van der Waals surface area contributed by atoms with E-state index >= 15 is 0 Å². The second kappa shape index (κ2) is 2.00. The minimum absolute atomic E-state index is 0.113. The number of β-amino-alcohol motifs (C(OH)–C–C–N with tert-alkyl or cyclic N) is 1. The molecule has 1 aliphatic carbocycles. The maximum absolute atomic E-state index is 10.9. The highest BCUT2D eigenvalue weighted by Crippen LogP contribution is 2.60. The molecule has 0 aromatic heterocycles. The maximum Gasteiger partial charge on any atom is 0.312 e. The molecule has 2 unspecified atom stereocenters. The zero-order valence-corrected chi connectivity index (χ0v) is 7.00. The van der Waals surface area contributed by atoms with Crippen LogP contribution in [0.25, 0.3) is 0 Å². The van der Waals surface area contributed by atoms with Crippen LogP contribution in [0.1, 0.15) is 13.3 Å². The molecule has 0 bridgehead atoms. The first-order valence-electron chi connectivity index (χ1n) is 4.19. The Balaban J connectivity index is 2.24. The number of carboxylic acids is 1. The number of hydrogen-bond acceptors (Lipinski definition) is 3. The molecule has 1 saturated heterocycles. The van der Waals surface area contributed by atoms with Gasteiger partial charge in [-0.25, -0.2) is 0 Å². The first-order chi connectivity index (χ1) is 5.53. The van der Waals surface area contributed by atoms with E-state index in [9.17, 15) is 9.90 Å². The molecular formula is C8H13NO3. The van der Waals surface area contributed by atoms with Crippen LogP contribution in [0.4, 0.5) is 0 Å². The third-order valence-corrected chi connectivity index (χ3v) is 3.36. The molecule has 2 fully saturated rings. The minimum atomic E-state index is -0.988. The molecule has 4 nitrogen and oxygen atoms in total. The fourth-order valence-corrected chi connectivity index (χ4v) is 2.25. The van der Waals surface area contributed by atoms with E-state index in [0.29, 0.717) is 19.5 Å². The Kier molecular flexibility index (Phi) is 1.34. The normalized spacial score (nSPS) is 43.3. The largest absolute Gasteiger partial charge is 0.481 e. The smallest absolute Gasteiger partial charge is 0.312 e. The molecule has 1 heterocycles. The van der Waals surface area contributed by atoms with Crippen molar-refractivity contribution in [3.8, 4) is 0 Å². The van der Waals surface area contributed by atoms with E-state index in [1.807, 2.05) is 6.92 Å². The zero-order chi connectivity index (χ0) is 8.98. The molecule has 1 saturated carbocycles. The van der Waals surface area contributed by atoms with Crippen molar-refractivity contribution >= 4 is 5.97 Å². The molecule has 12 heavy (non-hydrogen) atoms. The van der Waals surface area contributed by atoms with E-state index < -0.39 is 17.0 Å². The molecule has 1 aliphatic heterocycles. The fourth-order valence-electron chi connectivity index (χ4n) is 2.25. The first kappa shape index (κ1) is 8.01. The highest BCUT2D eigenvalue weighted by molar-refractivity contribution is 5.80. The number of hydrogen-bond donors (Lipinski definition) is 3. The van der Waals surface area contributed by atoms with Gasteiger partial charge in [-0.15, -0.1) is 0 Å². The predicted molar refractivity (Wildman–Crippen MR) is 41.7 cm³/mol. The molecule has 0 aromatic carbocycles. The molecule has 0 amide bonds. The van der Waals surface area contributed by atoms with Crippen LogP contribution in [0, 0.1) is 11.3 Å². The van der Waals surface area contributed by atoms with Crippen molar-refractivity contribution in [2.75, 3.05) is 13.1 Å². The van der Waals surface area contributed by atoms with E-state index in [1.165, 1.54) is 0 Å². The van der Waals surface area contributed by atoms with Crippen LogP contribution in [-0.2, 0) is 4.79 Å². The van der Waals surface area contributed by atoms with Crippen LogP contribution in [0.2, 0.25) is 0 Å². The Labute approximate surface area is 70.6 Å². The monoisotopic (exact) mass is 171 g/mol. The van der Waals surface area contributed by atoms with Crippen molar-refractivity contribution in [2.24, 2.45) is 11.3 Å². The Hall–Kier alpha value is -0.610. The third kappa shape index (κ3) is 0.671. The van der Waals surface area contributed by atoms with Gasteiger partial charge in [-0.05, 0) is 12.3 Å². The summed E-state index contributed by atoms with van der Waals surface area (Å²) in [6, 6.07) is 0. The topological polar surface area (TPSA) is 69.6 Å². The average molecular weight is 171 g/mol. The molecule has 68 valence electrons. The van der Waals surface area contributed by atoms with Gasteiger partial charge in [-0.3, -0.25) is 4.79 Å². The molecule has 3 N–H and O–H groups in total. The summed E-state index contributed by atoms with van der Waals surface area (Å²) in [6.45, 7) is 2.72. The molecule has 0 radical (unpaired) electrons. The number of rotatable bonds is 2. The van der Waals surface area contributed by atoms with Crippen LogP contribution in [0.3, 0.4) is 0 Å². The Bertz CT molecular complexity index is 236. The summed E-state index contributed by atoms with van der Waals surface area (Å²) in [5.74, 6) is -0.735. The minimum Gasteiger partial charge on any atom is -0.481 e. The summed E-state index contributed by atoms with van der Waals surface area (Å²) in [6.07, 6.45) is 0.612. The summed E-state index contributed by atoms with van der Waals surface area (Å²) in [4.78, 5) is 10.9. The number of nitrogens with one attached hydrogen (secondary N) is 1. The van der Waals surface area contributed by atoms with Gasteiger partial charge < -0.3 is 15.5 Å². The van der Waals surface area contributed by atoms with E-state index in [4.69, 9.17) is 5.11 Å². The SMILES string of the molecule is CC1CC1(C(=O)O)C1(O)CNC1. The lowest BCUT2D eigenvalue weighted by Gasteiger charge is -2.43. The third-order valence-electron chi connectivity index (χ3n) is 3.36. The van der Waals surface area contributed by atoms with Crippen LogP contribution in [0.15, 0.2) is 0 Å². The highest BCUT2D eigenvalue weighted by Gasteiger charge is 2.71. The summed E-state index contributed by atoms with van der Waals surface area (Å²) in [7, 11) is 0. The van der Waals surface area contributed by atoms with Gasteiger partial charge >= 0.3 is 5.97 Å². The lowest BCUT2D eigenvalue weighted by atomic mass is 9.78. The Morgan fingerprint density at radius 1 is 1.58 bits per heavy atom. The molecular weight excluding hydrogens is 158 g/mol. The highest BCUT2D eigenvalue weighted by atomic mass is 16.4. The zero-order valence-electron chi connectivity index (χ0n) is 7.00. The molecule has 0 aromatic rings. The van der Waals surface area contributed by atoms with Gasteiger partial charge in [0.05, 0.1) is 0 Å². The van der Waals surface area contributed by atoms with E-state index in [2.05, 4.69) is 5.32 Å². The van der Waals surface area contributed by atoms with Gasteiger partial charge in [-0.2, -0.15) is 0 Å². The van der Waals surface area contributed by atoms with Crippen molar-refractivity contribution in [2.45, 2.75) is 18.9 Å². The second-order valence-corrected chi connectivity index (χ2v) is 4.02. The van der Waals surface area contributed by atoms with Gasteiger partial charge in [0.2, 0.25) is 0 Å². The van der Waals surface area contributed by atoms with E-state index in [-0.39, 0.29) is 5.92 Å². The van der Waals surface area contributed by atoms with E-state index in [1.54, 1.807) is 0 Å². The second-order valence-electron chi connectivity index (χ2n) is 4.02. The van der Waals surface area contributed by atoms with Crippen molar-refractivity contribution in [3.63, 3.8) is 0 Å². The van der Waals surface area contributed by atoms with Gasteiger partial charge in [0, 0.05) is 13.1 Å². The Morgan fingerprint density at radius 2 is 2.08 bits per heavy atom. The van der Waals surface area contributed by atoms with Crippen molar-refractivity contribution < 1.29 is 15.0 Å². The molecule has 2 rings (SSSR count). The van der Waals surface area contributed by atoms with Crippen LogP contribution < -0.4 is 5.32 Å². The fraction of sp³-hybridized carbons (Fsp3) is 0.875. The number of carboxylic acid groups (broad SMARTS) is 1. The van der Waals surface area contributed by atoms with Crippen molar-refractivity contribution in [1.29, 1.82) is 0 Å². The number of carbonyl (C=O) groups is 1. The number of aliphatic hydroxyl groups is 1. The lowest BCUT2D eigenvalue weighted by molar-refractivity contribution is -0.162. The average Bonchev–Trinajstić information content (AvgIpc) is 2.58. The van der Waals surface area contributed by atoms with Gasteiger partial charge in [0.25, 0.3) is 0 Å². The van der Waals surface area contributed by atoms with E-state index in [0.717, 1.165) is 0 Å². The van der Waals surface area contributed by atoms with Crippen LogP contribution >= 0.6 is 0 Å². The van der Waals surface area contributed by atoms with Gasteiger partial charge in [0.15, 0.2) is 0 Å². The van der Waals surface area contributed by atoms with Crippen molar-refractivity contribution in [3.05, 3.63) is 0 Å².